The molecule has 108 valence electrons. The molecule has 3 rings (SSSR count). The molecule has 0 radical (unpaired) electrons. The zero-order valence-electron chi connectivity index (χ0n) is 10.8. The average Bonchev–Trinajstić information content (AvgIpc) is 2.85. The minimum Gasteiger partial charge on any atom is -0.314 e. The van der Waals surface area contributed by atoms with Gasteiger partial charge in [0.2, 0.25) is 11.8 Å². The number of hydrogen-bond donors (Lipinski definition) is 4. The van der Waals surface area contributed by atoms with Crippen molar-refractivity contribution in [3.05, 3.63) is 0 Å². The number of piperazine rings is 1. The summed E-state index contributed by atoms with van der Waals surface area (Å²) in [6.45, 7) is 2.68. The molecule has 3 aliphatic heterocycles. The van der Waals surface area contributed by atoms with E-state index in [1.807, 2.05) is 0 Å². The summed E-state index contributed by atoms with van der Waals surface area (Å²) in [7, 11) is 0. The second kappa shape index (κ2) is 3.99. The van der Waals surface area contributed by atoms with Crippen molar-refractivity contribution in [1.29, 1.82) is 0 Å². The van der Waals surface area contributed by atoms with Gasteiger partial charge in [0.15, 0.2) is 0 Å². The van der Waals surface area contributed by atoms with E-state index in [-0.39, 0.29) is 11.8 Å². The van der Waals surface area contributed by atoms with Crippen LogP contribution in [-0.2, 0) is 9.59 Å². The van der Waals surface area contributed by atoms with Crippen LogP contribution in [0.15, 0.2) is 0 Å². The van der Waals surface area contributed by atoms with Crippen LogP contribution in [0, 0.1) is 0 Å². The summed E-state index contributed by atoms with van der Waals surface area (Å²) < 4.78 is 0. The van der Waals surface area contributed by atoms with E-state index in [1.54, 1.807) is 0 Å². The zero-order chi connectivity index (χ0) is 14.6. The molecule has 3 heterocycles. The summed E-state index contributed by atoms with van der Waals surface area (Å²) in [5.74, 6) is -0.627. The molecule has 0 saturated carbocycles. The molecule has 4 atom stereocenters. The Bertz CT molecular complexity index is 448. The van der Waals surface area contributed by atoms with Crippen LogP contribution in [0.5, 0.6) is 0 Å². The van der Waals surface area contributed by atoms with E-state index < -0.39 is 36.7 Å². The molecule has 10 heteroatoms. The fourth-order valence-electron chi connectivity index (χ4n) is 2.95. The normalized spacial score (nSPS) is 34.5. The summed E-state index contributed by atoms with van der Waals surface area (Å²) in [5.41, 5.74) is 0. The number of rotatable bonds is 0. The van der Waals surface area contributed by atoms with Crippen LogP contribution in [0.4, 0.5) is 9.59 Å². The van der Waals surface area contributed by atoms with Gasteiger partial charge in [0.25, 0.3) is 0 Å². The van der Waals surface area contributed by atoms with Crippen LogP contribution in [0.2, 0.25) is 0 Å². The molecule has 3 aliphatic rings. The lowest BCUT2D eigenvalue weighted by atomic mass is 10.1. The molecule has 3 saturated heterocycles. The Balaban J connectivity index is 2.04. The van der Waals surface area contributed by atoms with E-state index in [0.717, 1.165) is 0 Å². The molecule has 10 nitrogen and oxygen atoms in total. The summed E-state index contributed by atoms with van der Waals surface area (Å²) in [6, 6.07) is -0.937. The summed E-state index contributed by atoms with van der Waals surface area (Å²) in [6.07, 6.45) is -2.87. The van der Waals surface area contributed by atoms with Crippen LogP contribution in [0.1, 0.15) is 13.8 Å². The molecule has 0 bridgehead atoms. The van der Waals surface area contributed by atoms with Gasteiger partial charge >= 0.3 is 12.1 Å². The fraction of sp³-hybridized carbons (Fsp3) is 0.600. The molecule has 4 N–H and O–H groups in total. The molecule has 0 aromatic rings. The highest BCUT2D eigenvalue weighted by Gasteiger charge is 2.56. The second-order valence-electron chi connectivity index (χ2n) is 4.87. The predicted octanol–water partition coefficient (Wildman–Crippen LogP) is -2.37. The van der Waals surface area contributed by atoms with E-state index in [0.29, 0.717) is 0 Å². The maximum absolute atomic E-state index is 11.8. The van der Waals surface area contributed by atoms with Crippen LogP contribution in [0.25, 0.3) is 0 Å². The van der Waals surface area contributed by atoms with Crippen molar-refractivity contribution >= 4 is 23.9 Å². The maximum atomic E-state index is 11.8. The van der Waals surface area contributed by atoms with E-state index in [2.05, 4.69) is 21.3 Å². The first-order valence-corrected chi connectivity index (χ1v) is 6.12. The van der Waals surface area contributed by atoms with Gasteiger partial charge in [0.05, 0.1) is 0 Å². The van der Waals surface area contributed by atoms with Gasteiger partial charge in [-0.15, -0.1) is 0 Å². The first kappa shape index (κ1) is 12.5. The van der Waals surface area contributed by atoms with Crippen molar-refractivity contribution in [3.8, 4) is 0 Å². The molecule has 0 aromatic heterocycles. The third-order valence-corrected chi connectivity index (χ3v) is 3.64. The molecule has 0 spiro atoms. The summed E-state index contributed by atoms with van der Waals surface area (Å²) >= 11 is 0. The van der Waals surface area contributed by atoms with Gasteiger partial charge in [0.1, 0.15) is 24.7 Å². The van der Waals surface area contributed by atoms with Crippen molar-refractivity contribution in [1.82, 2.24) is 31.1 Å². The Morgan fingerprint density at radius 2 is 1.00 bits per heavy atom. The van der Waals surface area contributed by atoms with Gasteiger partial charge in [-0.3, -0.25) is 19.4 Å². The highest BCUT2D eigenvalue weighted by Crippen LogP contribution is 2.27. The quantitative estimate of drug-likeness (QED) is 0.396. The Hall–Kier alpha value is -2.52. The van der Waals surface area contributed by atoms with Crippen LogP contribution in [-0.4, -0.2) is 58.3 Å². The van der Waals surface area contributed by atoms with E-state index >= 15 is 0 Å². The molecule has 0 aromatic carbocycles. The topological polar surface area (TPSA) is 123 Å². The average molecular weight is 282 g/mol. The Kier molecular flexibility index (Phi) is 2.49. The zero-order valence-corrected chi connectivity index (χ0v) is 10.8. The van der Waals surface area contributed by atoms with Crippen LogP contribution < -0.4 is 21.3 Å². The van der Waals surface area contributed by atoms with Gasteiger partial charge in [-0.1, -0.05) is 0 Å². The highest BCUT2D eigenvalue weighted by molar-refractivity contribution is 5.86. The molecular formula is C10H14N6O4. The Morgan fingerprint density at radius 3 is 1.20 bits per heavy atom. The number of fused-ring (bicyclic) bond motifs is 2. The number of carbonyl (C=O) groups excluding carboxylic acids is 4. The van der Waals surface area contributed by atoms with Gasteiger partial charge < -0.3 is 21.3 Å². The Morgan fingerprint density at radius 1 is 0.750 bits per heavy atom. The number of amides is 6. The number of carbonyl (C=O) groups is 4. The summed E-state index contributed by atoms with van der Waals surface area (Å²) in [4.78, 5) is 49.4. The number of nitrogens with zero attached hydrogens (tertiary/aromatic N) is 2. The smallest absolute Gasteiger partial charge is 0.314 e. The van der Waals surface area contributed by atoms with Crippen molar-refractivity contribution in [3.63, 3.8) is 0 Å². The van der Waals surface area contributed by atoms with Crippen LogP contribution in [0.3, 0.4) is 0 Å². The SMILES string of the molecule is CC(=O)N1[C@@H]2NC(=O)N[C@@H]2N(C(C)=O)[C@H]2NC(=O)N[C@H]21. The molecule has 0 unspecified atom stereocenters. The van der Waals surface area contributed by atoms with Gasteiger partial charge in [0, 0.05) is 13.8 Å². The van der Waals surface area contributed by atoms with Crippen molar-refractivity contribution in [2.24, 2.45) is 0 Å². The van der Waals surface area contributed by atoms with Gasteiger partial charge in [-0.05, 0) is 0 Å². The van der Waals surface area contributed by atoms with E-state index in [9.17, 15) is 19.2 Å². The largest absolute Gasteiger partial charge is 0.318 e. The maximum Gasteiger partial charge on any atom is 0.318 e. The minimum atomic E-state index is -0.717. The standard InChI is InChI=1S/C10H14N6O4/c1-3(17)15-5-7(13-9(19)11-5)16(4(2)18)8-6(15)12-10(20)14-8/h5-8H,1-2H3,(H2,11,13,19)(H2,12,14,20)/t5-,6-,7+,8+. The van der Waals surface area contributed by atoms with Crippen molar-refractivity contribution < 1.29 is 19.2 Å². The number of hydrogen-bond acceptors (Lipinski definition) is 4. The lowest BCUT2D eigenvalue weighted by Gasteiger charge is -2.48. The molecule has 20 heavy (non-hydrogen) atoms. The first-order chi connectivity index (χ1) is 9.40. The molecule has 3 fully saturated rings. The Labute approximate surface area is 113 Å². The van der Waals surface area contributed by atoms with E-state index in [4.69, 9.17) is 0 Å². The third kappa shape index (κ3) is 1.57. The van der Waals surface area contributed by atoms with Crippen molar-refractivity contribution in [2.45, 2.75) is 38.5 Å². The fourth-order valence-corrected chi connectivity index (χ4v) is 2.95. The first-order valence-electron chi connectivity index (χ1n) is 6.12. The second-order valence-corrected chi connectivity index (χ2v) is 4.87. The lowest BCUT2D eigenvalue weighted by molar-refractivity contribution is -0.157. The third-order valence-electron chi connectivity index (χ3n) is 3.64. The monoisotopic (exact) mass is 282 g/mol. The summed E-state index contributed by atoms with van der Waals surface area (Å²) in [5, 5.41) is 10.3. The molecular weight excluding hydrogens is 268 g/mol. The minimum absolute atomic E-state index is 0.314. The van der Waals surface area contributed by atoms with Crippen LogP contribution >= 0.6 is 0 Å². The van der Waals surface area contributed by atoms with Crippen molar-refractivity contribution in [2.75, 3.05) is 0 Å². The van der Waals surface area contributed by atoms with E-state index in [1.165, 1.54) is 23.6 Å². The van der Waals surface area contributed by atoms with Gasteiger partial charge in [-0.25, -0.2) is 9.59 Å². The van der Waals surface area contributed by atoms with Gasteiger partial charge in [-0.2, -0.15) is 0 Å². The highest BCUT2D eigenvalue weighted by atomic mass is 16.2. The number of urea groups is 2. The molecule has 6 amide bonds. The lowest BCUT2D eigenvalue weighted by Crippen LogP contribution is -2.74. The number of nitrogens with one attached hydrogen (secondary N) is 4. The molecule has 0 aliphatic carbocycles. The predicted molar refractivity (Wildman–Crippen MR) is 63.5 cm³/mol.